The van der Waals surface area contributed by atoms with Crippen molar-refractivity contribution < 1.29 is 8.42 Å². The summed E-state index contributed by atoms with van der Waals surface area (Å²) >= 11 is 0. The van der Waals surface area contributed by atoms with Crippen LogP contribution < -0.4 is 5.32 Å². The lowest BCUT2D eigenvalue weighted by atomic mass is 9.97. The zero-order valence-corrected chi connectivity index (χ0v) is 19.0. The van der Waals surface area contributed by atoms with Crippen LogP contribution in [0.5, 0.6) is 0 Å². The standard InChI is InChI=1S/C24H28N4O2S/c1-17-7-9-22(25-15-17)24-18(2)8-10-23(27-24)26-21-6-4-5-19-16-28(12-11-20(19)21)13-14-31(3,29)30/h4-10,15H,11-14,16H2,1-3H3,(H,26,27). The number of hydrogen-bond acceptors (Lipinski definition) is 6. The zero-order chi connectivity index (χ0) is 22.0. The van der Waals surface area contributed by atoms with Gasteiger partial charge in [-0.2, -0.15) is 0 Å². The number of nitrogens with zero attached hydrogens (tertiary/aromatic N) is 3. The molecule has 1 aromatic carbocycles. The second kappa shape index (κ2) is 8.77. The monoisotopic (exact) mass is 436 g/mol. The molecule has 0 atom stereocenters. The molecule has 2 aromatic heterocycles. The van der Waals surface area contributed by atoms with E-state index in [-0.39, 0.29) is 5.75 Å². The van der Waals surface area contributed by atoms with E-state index in [4.69, 9.17) is 4.98 Å². The van der Waals surface area contributed by atoms with Crippen molar-refractivity contribution in [3.8, 4) is 11.4 Å². The van der Waals surface area contributed by atoms with Crippen LogP contribution in [0.1, 0.15) is 22.3 Å². The molecule has 1 aliphatic heterocycles. The van der Waals surface area contributed by atoms with Gasteiger partial charge in [-0.15, -0.1) is 0 Å². The Kier molecular flexibility index (Phi) is 6.07. The third-order valence-corrected chi connectivity index (χ3v) is 6.56. The van der Waals surface area contributed by atoms with E-state index < -0.39 is 9.84 Å². The van der Waals surface area contributed by atoms with Crippen molar-refractivity contribution in [1.82, 2.24) is 14.9 Å². The van der Waals surface area contributed by atoms with Crippen molar-refractivity contribution in [1.29, 1.82) is 0 Å². The number of sulfone groups is 1. The minimum atomic E-state index is -2.95. The Bertz CT molecular complexity index is 1190. The van der Waals surface area contributed by atoms with Gasteiger partial charge in [0.15, 0.2) is 0 Å². The highest BCUT2D eigenvalue weighted by atomic mass is 32.2. The summed E-state index contributed by atoms with van der Waals surface area (Å²) in [6.45, 7) is 6.25. The van der Waals surface area contributed by atoms with Crippen LogP contribution >= 0.6 is 0 Å². The predicted octanol–water partition coefficient (Wildman–Crippen LogP) is 3.91. The van der Waals surface area contributed by atoms with Gasteiger partial charge in [-0.25, -0.2) is 13.4 Å². The number of aromatic nitrogens is 2. The van der Waals surface area contributed by atoms with Crippen LogP contribution in [0.25, 0.3) is 11.4 Å². The summed E-state index contributed by atoms with van der Waals surface area (Å²) in [5.74, 6) is 0.986. The number of rotatable bonds is 6. The molecule has 31 heavy (non-hydrogen) atoms. The van der Waals surface area contributed by atoms with Crippen LogP contribution in [0.4, 0.5) is 11.5 Å². The van der Waals surface area contributed by atoms with Gasteiger partial charge in [0, 0.05) is 37.8 Å². The molecule has 3 heterocycles. The first-order chi connectivity index (χ1) is 14.8. The molecular weight excluding hydrogens is 408 g/mol. The number of hydrogen-bond donors (Lipinski definition) is 1. The molecule has 0 radical (unpaired) electrons. The van der Waals surface area contributed by atoms with Gasteiger partial charge in [-0.1, -0.05) is 24.3 Å². The van der Waals surface area contributed by atoms with Crippen LogP contribution in [0.2, 0.25) is 0 Å². The van der Waals surface area contributed by atoms with Crippen molar-refractivity contribution in [2.75, 3.05) is 30.4 Å². The first-order valence-corrected chi connectivity index (χ1v) is 12.5. The Balaban J connectivity index is 1.55. The topological polar surface area (TPSA) is 75.2 Å². The maximum Gasteiger partial charge on any atom is 0.148 e. The van der Waals surface area contributed by atoms with Crippen LogP contribution in [0.15, 0.2) is 48.7 Å². The Morgan fingerprint density at radius 2 is 1.94 bits per heavy atom. The summed E-state index contributed by atoms with van der Waals surface area (Å²) in [6, 6.07) is 14.4. The Morgan fingerprint density at radius 1 is 1.10 bits per heavy atom. The van der Waals surface area contributed by atoms with Gasteiger partial charge >= 0.3 is 0 Å². The molecule has 0 saturated carbocycles. The quantitative estimate of drug-likeness (QED) is 0.632. The van der Waals surface area contributed by atoms with E-state index in [1.165, 1.54) is 17.4 Å². The molecule has 3 aromatic rings. The smallest absolute Gasteiger partial charge is 0.148 e. The first kappa shape index (κ1) is 21.5. The fourth-order valence-electron chi connectivity index (χ4n) is 3.87. The zero-order valence-electron chi connectivity index (χ0n) is 18.2. The van der Waals surface area contributed by atoms with E-state index in [1.807, 2.05) is 44.3 Å². The minimum Gasteiger partial charge on any atom is -0.340 e. The fraction of sp³-hybridized carbons (Fsp3) is 0.333. The molecule has 162 valence electrons. The molecular formula is C24H28N4O2S. The number of aryl methyl sites for hydroxylation is 2. The average Bonchev–Trinajstić information content (AvgIpc) is 2.74. The average molecular weight is 437 g/mol. The summed E-state index contributed by atoms with van der Waals surface area (Å²) in [5.41, 5.74) is 7.51. The number of nitrogens with one attached hydrogen (secondary N) is 1. The Hall–Kier alpha value is -2.77. The van der Waals surface area contributed by atoms with Crippen molar-refractivity contribution in [2.45, 2.75) is 26.8 Å². The molecule has 0 saturated heterocycles. The lowest BCUT2D eigenvalue weighted by molar-refractivity contribution is 0.269. The highest BCUT2D eigenvalue weighted by molar-refractivity contribution is 7.90. The van der Waals surface area contributed by atoms with E-state index in [0.717, 1.165) is 53.5 Å². The largest absolute Gasteiger partial charge is 0.340 e. The maximum absolute atomic E-state index is 11.5. The van der Waals surface area contributed by atoms with Crippen molar-refractivity contribution in [2.24, 2.45) is 0 Å². The van der Waals surface area contributed by atoms with Crippen LogP contribution in [-0.4, -0.2) is 48.4 Å². The lowest BCUT2D eigenvalue weighted by Crippen LogP contribution is -2.34. The van der Waals surface area contributed by atoms with Crippen LogP contribution in [0.3, 0.4) is 0 Å². The van der Waals surface area contributed by atoms with E-state index in [9.17, 15) is 8.42 Å². The van der Waals surface area contributed by atoms with Crippen LogP contribution in [0, 0.1) is 13.8 Å². The van der Waals surface area contributed by atoms with E-state index in [2.05, 4.69) is 33.4 Å². The number of benzene rings is 1. The summed E-state index contributed by atoms with van der Waals surface area (Å²) in [6.07, 6.45) is 4.03. The molecule has 0 bridgehead atoms. The molecule has 1 aliphatic rings. The number of pyridine rings is 2. The highest BCUT2D eigenvalue weighted by Gasteiger charge is 2.20. The van der Waals surface area contributed by atoms with E-state index in [1.54, 1.807) is 0 Å². The van der Waals surface area contributed by atoms with Gasteiger partial charge in [0.2, 0.25) is 0 Å². The van der Waals surface area contributed by atoms with E-state index in [0.29, 0.717) is 6.54 Å². The van der Waals surface area contributed by atoms with Gasteiger partial charge < -0.3 is 5.32 Å². The number of fused-ring (bicyclic) bond motifs is 1. The molecule has 1 N–H and O–H groups in total. The minimum absolute atomic E-state index is 0.198. The molecule has 0 unspecified atom stereocenters. The van der Waals surface area contributed by atoms with Gasteiger partial charge in [0.1, 0.15) is 15.7 Å². The third kappa shape index (κ3) is 5.29. The summed E-state index contributed by atoms with van der Waals surface area (Å²) in [5, 5.41) is 3.50. The van der Waals surface area contributed by atoms with Gasteiger partial charge in [0.25, 0.3) is 0 Å². The Labute approximate surface area is 184 Å². The van der Waals surface area contributed by atoms with Gasteiger partial charge in [-0.05, 0) is 60.7 Å². The van der Waals surface area contributed by atoms with E-state index >= 15 is 0 Å². The second-order valence-electron chi connectivity index (χ2n) is 8.31. The maximum atomic E-state index is 11.5. The van der Waals surface area contributed by atoms with Crippen molar-refractivity contribution in [3.63, 3.8) is 0 Å². The first-order valence-electron chi connectivity index (χ1n) is 10.5. The molecule has 0 spiro atoms. The summed E-state index contributed by atoms with van der Waals surface area (Å²) in [4.78, 5) is 11.6. The van der Waals surface area contributed by atoms with Crippen molar-refractivity contribution in [3.05, 3.63) is 70.9 Å². The molecule has 4 rings (SSSR count). The summed E-state index contributed by atoms with van der Waals surface area (Å²) < 4.78 is 23.0. The third-order valence-electron chi connectivity index (χ3n) is 5.64. The highest BCUT2D eigenvalue weighted by Crippen LogP contribution is 2.29. The predicted molar refractivity (Wildman–Crippen MR) is 125 cm³/mol. The van der Waals surface area contributed by atoms with Crippen molar-refractivity contribution >= 4 is 21.3 Å². The second-order valence-corrected chi connectivity index (χ2v) is 10.6. The lowest BCUT2D eigenvalue weighted by Gasteiger charge is -2.30. The van der Waals surface area contributed by atoms with Crippen LogP contribution in [-0.2, 0) is 22.8 Å². The molecule has 0 aliphatic carbocycles. The SMILES string of the molecule is Cc1ccc(-c2nc(Nc3cccc4c3CCN(CCS(C)(=O)=O)C4)ccc2C)nc1. The molecule has 7 heteroatoms. The fourth-order valence-corrected chi connectivity index (χ4v) is 4.46. The summed E-state index contributed by atoms with van der Waals surface area (Å²) in [7, 11) is -2.95. The molecule has 6 nitrogen and oxygen atoms in total. The van der Waals surface area contributed by atoms with Gasteiger partial charge in [0.05, 0.1) is 17.1 Å². The number of anilines is 2. The normalized spacial score (nSPS) is 14.3. The molecule has 0 amide bonds. The Morgan fingerprint density at radius 3 is 2.68 bits per heavy atom. The van der Waals surface area contributed by atoms with Gasteiger partial charge in [-0.3, -0.25) is 9.88 Å². The molecule has 0 fully saturated rings.